The minimum atomic E-state index is -0.693. The molecule has 0 aromatic carbocycles. The topological polar surface area (TPSA) is 30.5 Å². The largest absolute Gasteiger partial charge is 0.382 e. The second kappa shape index (κ2) is 5.45. The molecule has 2 atom stereocenters. The summed E-state index contributed by atoms with van der Waals surface area (Å²) in [5.74, 6) is 0. The van der Waals surface area contributed by atoms with Crippen molar-refractivity contribution < 1.29 is 13.9 Å². The molecule has 1 rings (SSSR count). The van der Waals surface area contributed by atoms with Crippen LogP contribution in [-0.2, 0) is 9.47 Å². The van der Waals surface area contributed by atoms with E-state index in [1.807, 2.05) is 0 Å². The molecule has 3 nitrogen and oxygen atoms in total. The van der Waals surface area contributed by atoms with Crippen LogP contribution in [0.1, 0.15) is 6.42 Å². The maximum atomic E-state index is 12.6. The van der Waals surface area contributed by atoms with Crippen LogP contribution in [0.3, 0.4) is 0 Å². The molecule has 12 heavy (non-hydrogen) atoms. The summed E-state index contributed by atoms with van der Waals surface area (Å²) in [4.78, 5) is 0. The lowest BCUT2D eigenvalue weighted by Gasteiger charge is -2.09. The van der Waals surface area contributed by atoms with Crippen molar-refractivity contribution in [2.24, 2.45) is 0 Å². The molecule has 0 aromatic heterocycles. The third-order valence-corrected chi connectivity index (χ3v) is 1.92. The van der Waals surface area contributed by atoms with E-state index in [0.29, 0.717) is 32.8 Å². The molecule has 1 saturated heterocycles. The molecule has 0 radical (unpaired) electrons. The molecule has 0 amide bonds. The van der Waals surface area contributed by atoms with Crippen LogP contribution in [0.15, 0.2) is 0 Å². The van der Waals surface area contributed by atoms with Gasteiger partial charge >= 0.3 is 0 Å². The summed E-state index contributed by atoms with van der Waals surface area (Å²) >= 11 is 0. The zero-order valence-corrected chi connectivity index (χ0v) is 7.38. The highest BCUT2D eigenvalue weighted by atomic mass is 19.1. The first kappa shape index (κ1) is 9.89. The molecule has 1 N–H and O–H groups in total. The fourth-order valence-electron chi connectivity index (χ4n) is 1.26. The van der Waals surface area contributed by atoms with Gasteiger partial charge in [0.05, 0.1) is 19.8 Å². The number of nitrogens with one attached hydrogen (secondary N) is 1. The van der Waals surface area contributed by atoms with Crippen LogP contribution >= 0.6 is 0 Å². The Morgan fingerprint density at radius 2 is 2.33 bits per heavy atom. The SMILES string of the molecule is COCCOC[C@@H]1C[C@H](F)CN1. The van der Waals surface area contributed by atoms with Crippen molar-refractivity contribution in [1.29, 1.82) is 0 Å². The second-order valence-electron chi connectivity index (χ2n) is 3.01. The molecule has 1 heterocycles. The highest BCUT2D eigenvalue weighted by Gasteiger charge is 2.22. The quantitative estimate of drug-likeness (QED) is 0.615. The first-order chi connectivity index (χ1) is 5.83. The molecular formula is C8H16FNO2. The van der Waals surface area contributed by atoms with Gasteiger partial charge < -0.3 is 14.8 Å². The number of methoxy groups -OCH3 is 1. The van der Waals surface area contributed by atoms with Gasteiger partial charge in [-0.25, -0.2) is 4.39 Å². The molecule has 0 saturated carbocycles. The van der Waals surface area contributed by atoms with Crippen molar-refractivity contribution in [3.05, 3.63) is 0 Å². The van der Waals surface area contributed by atoms with Crippen molar-refractivity contribution >= 4 is 0 Å². The maximum Gasteiger partial charge on any atom is 0.114 e. The van der Waals surface area contributed by atoms with E-state index in [4.69, 9.17) is 9.47 Å². The van der Waals surface area contributed by atoms with Gasteiger partial charge in [0.25, 0.3) is 0 Å². The first-order valence-electron chi connectivity index (χ1n) is 4.27. The monoisotopic (exact) mass is 177 g/mol. The molecule has 1 fully saturated rings. The lowest BCUT2D eigenvalue weighted by Crippen LogP contribution is -2.27. The molecule has 72 valence electrons. The van der Waals surface area contributed by atoms with Gasteiger partial charge in [-0.15, -0.1) is 0 Å². The summed E-state index contributed by atoms with van der Waals surface area (Å²) in [5, 5.41) is 3.04. The number of rotatable bonds is 5. The Kier molecular flexibility index (Phi) is 4.50. The third kappa shape index (κ3) is 3.47. The molecule has 0 aromatic rings. The minimum Gasteiger partial charge on any atom is -0.382 e. The summed E-state index contributed by atoms with van der Waals surface area (Å²) < 4.78 is 22.7. The van der Waals surface area contributed by atoms with Crippen LogP contribution in [0, 0.1) is 0 Å². The molecule has 0 bridgehead atoms. The first-order valence-corrected chi connectivity index (χ1v) is 4.27. The molecule has 0 spiro atoms. The van der Waals surface area contributed by atoms with Gasteiger partial charge in [-0.2, -0.15) is 0 Å². The summed E-state index contributed by atoms with van der Waals surface area (Å²) in [5.41, 5.74) is 0. The Balaban J connectivity index is 1.93. The summed E-state index contributed by atoms with van der Waals surface area (Å²) in [6.07, 6.45) is -0.117. The molecule has 1 aliphatic heterocycles. The van der Waals surface area contributed by atoms with Crippen LogP contribution in [0.5, 0.6) is 0 Å². The van der Waals surface area contributed by atoms with Gasteiger partial charge in [0.2, 0.25) is 0 Å². The lowest BCUT2D eigenvalue weighted by molar-refractivity contribution is 0.0606. The molecule has 0 unspecified atom stereocenters. The Hall–Kier alpha value is -0.190. The predicted octanol–water partition coefficient (Wildman–Crippen LogP) is 0.349. The zero-order chi connectivity index (χ0) is 8.81. The smallest absolute Gasteiger partial charge is 0.114 e. The van der Waals surface area contributed by atoms with Crippen molar-refractivity contribution in [3.63, 3.8) is 0 Å². The highest BCUT2D eigenvalue weighted by molar-refractivity contribution is 4.80. The second-order valence-corrected chi connectivity index (χ2v) is 3.01. The van der Waals surface area contributed by atoms with E-state index in [0.717, 1.165) is 0 Å². The van der Waals surface area contributed by atoms with Crippen LogP contribution in [0.4, 0.5) is 4.39 Å². The minimum absolute atomic E-state index is 0.192. The van der Waals surface area contributed by atoms with E-state index in [2.05, 4.69) is 5.32 Å². The Bertz CT molecular complexity index is 124. The van der Waals surface area contributed by atoms with Gasteiger partial charge in [0.1, 0.15) is 6.17 Å². The lowest BCUT2D eigenvalue weighted by atomic mass is 10.2. The molecular weight excluding hydrogens is 161 g/mol. The third-order valence-electron chi connectivity index (χ3n) is 1.92. The van der Waals surface area contributed by atoms with Crippen LogP contribution in [0.2, 0.25) is 0 Å². The van der Waals surface area contributed by atoms with E-state index in [9.17, 15) is 4.39 Å². The maximum absolute atomic E-state index is 12.6. The standard InChI is InChI=1S/C8H16FNO2/c1-11-2-3-12-6-8-4-7(9)5-10-8/h7-8,10H,2-6H2,1H3/t7-,8-/m0/s1. The van der Waals surface area contributed by atoms with E-state index in [-0.39, 0.29) is 6.04 Å². The molecule has 0 aliphatic carbocycles. The average molecular weight is 177 g/mol. The summed E-state index contributed by atoms with van der Waals surface area (Å²) in [7, 11) is 1.63. The highest BCUT2D eigenvalue weighted by Crippen LogP contribution is 2.09. The number of alkyl halides is 1. The van der Waals surface area contributed by atoms with Gasteiger partial charge in [-0.3, -0.25) is 0 Å². The van der Waals surface area contributed by atoms with Gasteiger partial charge in [-0.05, 0) is 6.42 Å². The van der Waals surface area contributed by atoms with Gasteiger partial charge in [0.15, 0.2) is 0 Å². The zero-order valence-electron chi connectivity index (χ0n) is 7.38. The Morgan fingerprint density at radius 3 is 2.92 bits per heavy atom. The Labute approximate surface area is 72.2 Å². The van der Waals surface area contributed by atoms with Gasteiger partial charge in [0, 0.05) is 19.7 Å². The number of hydrogen-bond donors (Lipinski definition) is 1. The summed E-state index contributed by atoms with van der Waals surface area (Å²) in [6.45, 7) is 2.25. The fourth-order valence-corrected chi connectivity index (χ4v) is 1.26. The van der Waals surface area contributed by atoms with Crippen molar-refractivity contribution in [3.8, 4) is 0 Å². The molecule has 1 aliphatic rings. The fraction of sp³-hybridized carbons (Fsp3) is 1.00. The normalized spacial score (nSPS) is 29.5. The Morgan fingerprint density at radius 1 is 1.50 bits per heavy atom. The molecule has 4 heteroatoms. The summed E-state index contributed by atoms with van der Waals surface area (Å²) in [6, 6.07) is 0.192. The van der Waals surface area contributed by atoms with Crippen molar-refractivity contribution in [1.82, 2.24) is 5.32 Å². The van der Waals surface area contributed by atoms with E-state index in [1.165, 1.54) is 0 Å². The predicted molar refractivity (Wildman–Crippen MR) is 44.0 cm³/mol. The number of halogens is 1. The number of hydrogen-bond acceptors (Lipinski definition) is 3. The van der Waals surface area contributed by atoms with E-state index >= 15 is 0 Å². The van der Waals surface area contributed by atoms with Crippen molar-refractivity contribution in [2.45, 2.75) is 18.6 Å². The van der Waals surface area contributed by atoms with E-state index < -0.39 is 6.17 Å². The van der Waals surface area contributed by atoms with Crippen LogP contribution in [-0.4, -0.2) is 45.7 Å². The number of ether oxygens (including phenoxy) is 2. The van der Waals surface area contributed by atoms with Crippen molar-refractivity contribution in [2.75, 3.05) is 33.5 Å². The average Bonchev–Trinajstić information content (AvgIpc) is 2.45. The van der Waals surface area contributed by atoms with Crippen LogP contribution < -0.4 is 5.32 Å². The van der Waals surface area contributed by atoms with E-state index in [1.54, 1.807) is 7.11 Å². The van der Waals surface area contributed by atoms with Gasteiger partial charge in [-0.1, -0.05) is 0 Å². The van der Waals surface area contributed by atoms with Crippen LogP contribution in [0.25, 0.3) is 0 Å².